The first-order chi connectivity index (χ1) is 17.0. The van der Waals surface area contributed by atoms with Crippen molar-refractivity contribution in [2.45, 2.75) is 84.1 Å². The molecule has 1 aromatic carbocycles. The first-order valence-corrected chi connectivity index (χ1v) is 12.3. The Morgan fingerprint density at radius 1 is 0.861 bits per heavy atom. The number of carbonyl (C=O) groups excluding carboxylic acids is 3. The quantitative estimate of drug-likeness (QED) is 0.153. The fourth-order valence-electron chi connectivity index (χ4n) is 3.70. The van der Waals surface area contributed by atoms with Crippen LogP contribution in [0.1, 0.15) is 88.4 Å². The number of nitrogens with two attached hydrogens (primary N) is 1. The molecule has 12 heteroatoms. The molecule has 1 atom stereocenters. The van der Waals surface area contributed by atoms with Gasteiger partial charge < -0.3 is 16.4 Å². The number of rotatable bonds is 18. The minimum Gasteiger partial charge on any atom is -0.370 e. The van der Waals surface area contributed by atoms with Crippen molar-refractivity contribution in [3.8, 4) is 0 Å². The first-order valence-electron chi connectivity index (χ1n) is 12.3. The van der Waals surface area contributed by atoms with Crippen molar-refractivity contribution < 1.29 is 24.2 Å². The van der Waals surface area contributed by atoms with Crippen molar-refractivity contribution in [1.29, 1.82) is 0 Å². The maximum absolute atomic E-state index is 12.7. The number of unbranched alkanes of at least 4 members (excludes halogenated alkanes) is 7. The lowest BCUT2D eigenvalue weighted by Gasteiger charge is -2.20. The standard InChI is InChI=1S/C24H37N5O7/c1-17(2)13-21(24(32)26-12-10-8-6-4-3-5-7-9-11-22(25)30)27-23(31)18-14-19(28(33)34)16-20(15-18)29(35)36/h14-17,21H,3-13H2,1-2H3,(H2,25,30)(H,26,32)(H,27,31)/t21-/m0/s1. The molecule has 1 rings (SSSR count). The molecule has 12 nitrogen and oxygen atoms in total. The topological polar surface area (TPSA) is 188 Å². The number of benzene rings is 1. The molecule has 0 radical (unpaired) electrons. The van der Waals surface area contributed by atoms with Crippen LogP contribution in [-0.4, -0.2) is 40.2 Å². The number of nitrogens with one attached hydrogen (secondary N) is 2. The van der Waals surface area contributed by atoms with Gasteiger partial charge in [-0.2, -0.15) is 0 Å². The molecule has 36 heavy (non-hydrogen) atoms. The highest BCUT2D eigenvalue weighted by Crippen LogP contribution is 2.23. The number of carbonyl (C=O) groups is 3. The zero-order valence-electron chi connectivity index (χ0n) is 21.0. The summed E-state index contributed by atoms with van der Waals surface area (Å²) in [6.07, 6.45) is 8.58. The lowest BCUT2D eigenvalue weighted by Crippen LogP contribution is -2.47. The number of amides is 3. The molecule has 0 aliphatic carbocycles. The molecule has 1 aromatic rings. The van der Waals surface area contributed by atoms with E-state index in [0.717, 1.165) is 69.6 Å². The van der Waals surface area contributed by atoms with Crippen molar-refractivity contribution in [3.63, 3.8) is 0 Å². The maximum Gasteiger partial charge on any atom is 0.277 e. The summed E-state index contributed by atoms with van der Waals surface area (Å²) in [6.45, 7) is 4.22. The van der Waals surface area contributed by atoms with Gasteiger partial charge in [0.25, 0.3) is 17.3 Å². The lowest BCUT2D eigenvalue weighted by atomic mass is 10.0. The van der Waals surface area contributed by atoms with Gasteiger partial charge in [-0.15, -0.1) is 0 Å². The Hall–Kier alpha value is -3.57. The van der Waals surface area contributed by atoms with E-state index in [4.69, 9.17) is 5.73 Å². The molecule has 0 spiro atoms. The number of hydrogen-bond acceptors (Lipinski definition) is 7. The van der Waals surface area contributed by atoms with Gasteiger partial charge in [-0.25, -0.2) is 0 Å². The summed E-state index contributed by atoms with van der Waals surface area (Å²) in [5.74, 6) is -1.35. The third-order valence-electron chi connectivity index (χ3n) is 5.56. The van der Waals surface area contributed by atoms with Crippen LogP contribution in [0, 0.1) is 26.1 Å². The molecule has 0 saturated heterocycles. The minimum absolute atomic E-state index is 0.0727. The normalized spacial score (nSPS) is 11.6. The van der Waals surface area contributed by atoms with E-state index in [-0.39, 0.29) is 23.3 Å². The molecule has 0 bridgehead atoms. The van der Waals surface area contributed by atoms with Crippen molar-refractivity contribution >= 4 is 29.1 Å². The van der Waals surface area contributed by atoms with Gasteiger partial charge in [0.2, 0.25) is 11.8 Å². The van der Waals surface area contributed by atoms with Gasteiger partial charge in [-0.05, 0) is 25.2 Å². The van der Waals surface area contributed by atoms with Gasteiger partial charge in [0, 0.05) is 25.1 Å². The number of primary amides is 1. The Labute approximate surface area is 210 Å². The summed E-state index contributed by atoms with van der Waals surface area (Å²) < 4.78 is 0. The van der Waals surface area contributed by atoms with E-state index in [1.807, 2.05) is 13.8 Å². The molecule has 3 amide bonds. The Morgan fingerprint density at radius 3 is 1.83 bits per heavy atom. The van der Waals surface area contributed by atoms with Crippen LogP contribution in [0.4, 0.5) is 11.4 Å². The van der Waals surface area contributed by atoms with Crippen LogP contribution >= 0.6 is 0 Å². The third kappa shape index (κ3) is 12.2. The van der Waals surface area contributed by atoms with Crippen LogP contribution in [0.15, 0.2) is 18.2 Å². The van der Waals surface area contributed by atoms with E-state index in [1.165, 1.54) is 0 Å². The molecular weight excluding hydrogens is 470 g/mol. The van der Waals surface area contributed by atoms with Gasteiger partial charge in [-0.1, -0.05) is 52.4 Å². The zero-order valence-corrected chi connectivity index (χ0v) is 21.0. The summed E-state index contributed by atoms with van der Waals surface area (Å²) in [5.41, 5.74) is 3.70. The second-order valence-corrected chi connectivity index (χ2v) is 9.24. The minimum atomic E-state index is -0.878. The Bertz CT molecular complexity index is 888. The molecule has 0 saturated carbocycles. The number of nitro groups is 2. The van der Waals surface area contributed by atoms with E-state index >= 15 is 0 Å². The van der Waals surface area contributed by atoms with Crippen LogP contribution in [0.2, 0.25) is 0 Å². The van der Waals surface area contributed by atoms with Gasteiger partial charge in [0.15, 0.2) is 0 Å². The number of hydrogen-bond donors (Lipinski definition) is 3. The monoisotopic (exact) mass is 507 g/mol. The summed E-state index contributed by atoms with van der Waals surface area (Å²) in [4.78, 5) is 56.7. The Kier molecular flexibility index (Phi) is 13.7. The van der Waals surface area contributed by atoms with Gasteiger partial charge in [0.05, 0.1) is 21.5 Å². The maximum atomic E-state index is 12.7. The number of nitrogens with zero attached hydrogens (tertiary/aromatic N) is 2. The van der Waals surface area contributed by atoms with Crippen LogP contribution in [0.5, 0.6) is 0 Å². The molecule has 4 N–H and O–H groups in total. The predicted molar refractivity (Wildman–Crippen MR) is 134 cm³/mol. The van der Waals surface area contributed by atoms with Crippen molar-refractivity contribution in [1.82, 2.24) is 10.6 Å². The van der Waals surface area contributed by atoms with Crippen LogP contribution < -0.4 is 16.4 Å². The van der Waals surface area contributed by atoms with E-state index in [0.29, 0.717) is 19.4 Å². The van der Waals surface area contributed by atoms with Gasteiger partial charge >= 0.3 is 0 Å². The predicted octanol–water partition coefficient (Wildman–Crippen LogP) is 3.76. The highest BCUT2D eigenvalue weighted by atomic mass is 16.6. The van der Waals surface area contributed by atoms with Gasteiger partial charge in [0.1, 0.15) is 6.04 Å². The molecule has 0 aromatic heterocycles. The Morgan fingerprint density at radius 2 is 1.36 bits per heavy atom. The molecule has 0 heterocycles. The second-order valence-electron chi connectivity index (χ2n) is 9.24. The second kappa shape index (κ2) is 16.2. The fraction of sp³-hybridized carbons (Fsp3) is 0.625. The fourth-order valence-corrected chi connectivity index (χ4v) is 3.70. The molecular formula is C24H37N5O7. The SMILES string of the molecule is CC(C)C[C@H](NC(=O)c1cc([N+](=O)[O-])cc([N+](=O)[O-])c1)C(=O)NCCCCCCCCCCC(N)=O. The van der Waals surface area contributed by atoms with E-state index in [9.17, 15) is 34.6 Å². The summed E-state index contributed by atoms with van der Waals surface area (Å²) >= 11 is 0. The van der Waals surface area contributed by atoms with Crippen molar-refractivity contribution in [3.05, 3.63) is 44.0 Å². The zero-order chi connectivity index (χ0) is 27.1. The summed E-state index contributed by atoms with van der Waals surface area (Å²) in [6, 6.07) is 1.80. The molecule has 0 fully saturated rings. The smallest absolute Gasteiger partial charge is 0.277 e. The first kappa shape index (κ1) is 30.5. The highest BCUT2D eigenvalue weighted by molar-refractivity contribution is 5.98. The molecule has 0 aliphatic heterocycles. The molecule has 0 aliphatic rings. The van der Waals surface area contributed by atoms with Crippen molar-refractivity contribution in [2.24, 2.45) is 11.7 Å². The van der Waals surface area contributed by atoms with Crippen LogP contribution in [-0.2, 0) is 9.59 Å². The number of non-ortho nitro benzene ring substituents is 2. The average molecular weight is 508 g/mol. The van der Waals surface area contributed by atoms with Gasteiger partial charge in [-0.3, -0.25) is 34.6 Å². The van der Waals surface area contributed by atoms with Crippen molar-refractivity contribution in [2.75, 3.05) is 6.54 Å². The van der Waals surface area contributed by atoms with E-state index < -0.39 is 33.2 Å². The summed E-state index contributed by atoms with van der Waals surface area (Å²) in [5, 5.41) is 27.6. The number of nitro benzene ring substituents is 2. The third-order valence-corrected chi connectivity index (χ3v) is 5.56. The highest BCUT2D eigenvalue weighted by Gasteiger charge is 2.25. The molecule has 0 unspecified atom stereocenters. The lowest BCUT2D eigenvalue weighted by molar-refractivity contribution is -0.394. The van der Waals surface area contributed by atoms with E-state index in [2.05, 4.69) is 10.6 Å². The largest absolute Gasteiger partial charge is 0.370 e. The Balaban J connectivity index is 2.53. The van der Waals surface area contributed by atoms with Crippen LogP contribution in [0.3, 0.4) is 0 Å². The van der Waals surface area contributed by atoms with Crippen LogP contribution in [0.25, 0.3) is 0 Å². The van der Waals surface area contributed by atoms with E-state index in [1.54, 1.807) is 0 Å². The average Bonchev–Trinajstić information content (AvgIpc) is 2.80. The molecule has 200 valence electrons. The summed E-state index contributed by atoms with van der Waals surface area (Å²) in [7, 11) is 0.